The molecule has 0 saturated carbocycles. The van der Waals surface area contributed by atoms with E-state index in [4.69, 9.17) is 21.1 Å². The van der Waals surface area contributed by atoms with Gasteiger partial charge in [0.25, 0.3) is 5.91 Å². The van der Waals surface area contributed by atoms with E-state index in [0.29, 0.717) is 22.6 Å². The van der Waals surface area contributed by atoms with E-state index in [1.165, 1.54) is 0 Å². The SMILES string of the molecule is C=CCCC(NC(=O)c1oc2c(Cl)cccc2c1C)C(=O)O. The predicted molar refractivity (Wildman–Crippen MR) is 84.3 cm³/mol. The first-order valence-electron chi connectivity index (χ1n) is 6.78. The molecule has 0 aliphatic rings. The van der Waals surface area contributed by atoms with Crippen LogP contribution < -0.4 is 5.32 Å². The Balaban J connectivity index is 2.29. The summed E-state index contributed by atoms with van der Waals surface area (Å²) in [5, 5.41) is 12.7. The number of furan rings is 1. The summed E-state index contributed by atoms with van der Waals surface area (Å²) >= 11 is 6.04. The molecule has 0 fully saturated rings. The van der Waals surface area contributed by atoms with Crippen molar-refractivity contribution < 1.29 is 19.1 Å². The van der Waals surface area contributed by atoms with Crippen molar-refractivity contribution in [3.05, 3.63) is 47.2 Å². The lowest BCUT2D eigenvalue weighted by Gasteiger charge is -2.12. The van der Waals surface area contributed by atoms with E-state index in [-0.39, 0.29) is 12.2 Å². The van der Waals surface area contributed by atoms with Crippen molar-refractivity contribution in [2.45, 2.75) is 25.8 Å². The maximum atomic E-state index is 12.3. The average molecular weight is 322 g/mol. The summed E-state index contributed by atoms with van der Waals surface area (Å²) in [4.78, 5) is 23.5. The molecule has 116 valence electrons. The molecule has 0 aliphatic carbocycles. The number of allylic oxidation sites excluding steroid dienone is 1. The number of hydrogen-bond donors (Lipinski definition) is 2. The van der Waals surface area contributed by atoms with Crippen LogP contribution in [0.4, 0.5) is 0 Å². The first-order chi connectivity index (χ1) is 10.5. The lowest BCUT2D eigenvalue weighted by molar-refractivity contribution is -0.139. The Hall–Kier alpha value is -2.27. The van der Waals surface area contributed by atoms with Crippen LogP contribution in [0.5, 0.6) is 0 Å². The normalized spacial score (nSPS) is 12.1. The topological polar surface area (TPSA) is 79.5 Å². The van der Waals surface area contributed by atoms with Crippen molar-refractivity contribution in [3.8, 4) is 0 Å². The van der Waals surface area contributed by atoms with Crippen molar-refractivity contribution in [1.29, 1.82) is 0 Å². The molecule has 1 heterocycles. The number of aliphatic carboxylic acids is 1. The van der Waals surface area contributed by atoms with Gasteiger partial charge in [0, 0.05) is 10.9 Å². The van der Waals surface area contributed by atoms with Gasteiger partial charge in [-0.3, -0.25) is 4.79 Å². The molecule has 2 rings (SSSR count). The standard InChI is InChI=1S/C16H16ClNO4/c1-3-4-8-12(16(20)21)18-15(19)13-9(2)10-6-5-7-11(17)14(10)22-13/h3,5-7,12H,1,4,8H2,2H3,(H,18,19)(H,20,21). The number of hydrogen-bond acceptors (Lipinski definition) is 3. The van der Waals surface area contributed by atoms with Crippen LogP contribution >= 0.6 is 11.6 Å². The molecule has 0 bridgehead atoms. The lowest BCUT2D eigenvalue weighted by Crippen LogP contribution is -2.40. The fourth-order valence-corrected chi connectivity index (χ4v) is 2.40. The number of carbonyl (C=O) groups excluding carboxylic acids is 1. The highest BCUT2D eigenvalue weighted by Gasteiger charge is 2.24. The van der Waals surface area contributed by atoms with Gasteiger partial charge in [-0.15, -0.1) is 6.58 Å². The highest BCUT2D eigenvalue weighted by atomic mass is 35.5. The second-order valence-electron chi connectivity index (χ2n) is 4.90. The summed E-state index contributed by atoms with van der Waals surface area (Å²) in [5.74, 6) is -1.59. The van der Waals surface area contributed by atoms with Gasteiger partial charge in [0.2, 0.25) is 0 Å². The van der Waals surface area contributed by atoms with Crippen LogP contribution in [0, 0.1) is 6.92 Å². The monoisotopic (exact) mass is 321 g/mol. The number of halogens is 1. The number of amides is 1. The van der Waals surface area contributed by atoms with Crippen molar-refractivity contribution in [3.63, 3.8) is 0 Å². The maximum absolute atomic E-state index is 12.3. The first kappa shape index (κ1) is 16.1. The fourth-order valence-electron chi connectivity index (χ4n) is 2.19. The summed E-state index contributed by atoms with van der Waals surface area (Å²) in [6.07, 6.45) is 2.36. The summed E-state index contributed by atoms with van der Waals surface area (Å²) in [7, 11) is 0. The van der Waals surface area contributed by atoms with Gasteiger partial charge in [0.15, 0.2) is 11.3 Å². The summed E-state index contributed by atoms with van der Waals surface area (Å²) in [6.45, 7) is 5.28. The molecule has 1 unspecified atom stereocenters. The van der Waals surface area contributed by atoms with Gasteiger partial charge >= 0.3 is 5.97 Å². The second kappa shape index (κ2) is 6.66. The molecule has 0 radical (unpaired) electrons. The molecule has 6 heteroatoms. The molecule has 1 amide bonds. The minimum atomic E-state index is -1.10. The Bertz CT molecular complexity index is 735. The average Bonchev–Trinajstić information content (AvgIpc) is 2.82. The number of rotatable bonds is 6. The Kier molecular flexibility index (Phi) is 4.88. The van der Waals surface area contributed by atoms with Crippen LogP contribution in [0.3, 0.4) is 0 Å². The fraction of sp³-hybridized carbons (Fsp3) is 0.250. The Morgan fingerprint density at radius 3 is 2.82 bits per heavy atom. The number of nitrogens with one attached hydrogen (secondary N) is 1. The van der Waals surface area contributed by atoms with Crippen LogP contribution in [0.1, 0.15) is 29.0 Å². The third-order valence-corrected chi connectivity index (χ3v) is 3.68. The Morgan fingerprint density at radius 2 is 2.23 bits per heavy atom. The molecule has 0 spiro atoms. The molecule has 0 aliphatic heterocycles. The van der Waals surface area contributed by atoms with Gasteiger partial charge < -0.3 is 14.8 Å². The van der Waals surface area contributed by atoms with Crippen LogP contribution in [-0.4, -0.2) is 23.0 Å². The quantitative estimate of drug-likeness (QED) is 0.797. The van der Waals surface area contributed by atoms with E-state index in [1.807, 2.05) is 0 Å². The highest BCUT2D eigenvalue weighted by molar-refractivity contribution is 6.35. The highest BCUT2D eigenvalue weighted by Crippen LogP contribution is 2.30. The van der Waals surface area contributed by atoms with E-state index in [2.05, 4.69) is 11.9 Å². The van der Waals surface area contributed by atoms with Crippen molar-refractivity contribution in [1.82, 2.24) is 5.32 Å². The van der Waals surface area contributed by atoms with E-state index in [0.717, 1.165) is 5.39 Å². The zero-order chi connectivity index (χ0) is 16.3. The predicted octanol–water partition coefficient (Wildman–Crippen LogP) is 3.54. The zero-order valence-electron chi connectivity index (χ0n) is 12.1. The van der Waals surface area contributed by atoms with Gasteiger partial charge in [-0.2, -0.15) is 0 Å². The molecular formula is C16H16ClNO4. The number of fused-ring (bicyclic) bond motifs is 1. The van der Waals surface area contributed by atoms with Crippen LogP contribution in [-0.2, 0) is 4.79 Å². The van der Waals surface area contributed by atoms with Crippen molar-refractivity contribution >= 4 is 34.4 Å². The molecule has 22 heavy (non-hydrogen) atoms. The molecule has 2 N–H and O–H groups in total. The molecule has 1 atom stereocenters. The lowest BCUT2D eigenvalue weighted by atomic mass is 10.1. The number of aryl methyl sites for hydroxylation is 1. The summed E-state index contributed by atoms with van der Waals surface area (Å²) < 4.78 is 5.52. The van der Waals surface area contributed by atoms with Gasteiger partial charge in [-0.05, 0) is 25.8 Å². The number of benzene rings is 1. The number of carboxylic acids is 1. The molecule has 2 aromatic rings. The summed E-state index contributed by atoms with van der Waals surface area (Å²) in [6, 6.07) is 4.23. The van der Waals surface area contributed by atoms with Gasteiger partial charge in [0.05, 0.1) is 5.02 Å². The van der Waals surface area contributed by atoms with E-state index in [9.17, 15) is 9.59 Å². The van der Waals surface area contributed by atoms with Gasteiger partial charge in [-0.25, -0.2) is 4.79 Å². The largest absolute Gasteiger partial charge is 0.480 e. The maximum Gasteiger partial charge on any atom is 0.326 e. The van der Waals surface area contributed by atoms with E-state index < -0.39 is 17.9 Å². The number of para-hydroxylation sites is 1. The third kappa shape index (κ3) is 3.14. The van der Waals surface area contributed by atoms with Gasteiger partial charge in [0.1, 0.15) is 6.04 Å². The van der Waals surface area contributed by atoms with Crippen molar-refractivity contribution in [2.75, 3.05) is 0 Å². The molecular weight excluding hydrogens is 306 g/mol. The van der Waals surface area contributed by atoms with Crippen LogP contribution in [0.25, 0.3) is 11.0 Å². The minimum absolute atomic E-state index is 0.0768. The number of carboxylic acid groups (broad SMARTS) is 1. The molecule has 1 aromatic heterocycles. The zero-order valence-corrected chi connectivity index (χ0v) is 12.8. The van der Waals surface area contributed by atoms with Crippen molar-refractivity contribution in [2.24, 2.45) is 0 Å². The summed E-state index contributed by atoms with van der Waals surface area (Å²) in [5.41, 5.74) is 1.05. The molecule has 5 nitrogen and oxygen atoms in total. The third-order valence-electron chi connectivity index (χ3n) is 3.38. The van der Waals surface area contributed by atoms with E-state index in [1.54, 1.807) is 31.2 Å². The number of carbonyl (C=O) groups is 2. The molecule has 1 aromatic carbocycles. The van der Waals surface area contributed by atoms with Crippen LogP contribution in [0.15, 0.2) is 35.3 Å². The second-order valence-corrected chi connectivity index (χ2v) is 5.31. The smallest absolute Gasteiger partial charge is 0.326 e. The Morgan fingerprint density at radius 1 is 1.50 bits per heavy atom. The first-order valence-corrected chi connectivity index (χ1v) is 7.15. The van der Waals surface area contributed by atoms with E-state index >= 15 is 0 Å². The minimum Gasteiger partial charge on any atom is -0.480 e. The molecule has 0 saturated heterocycles. The Labute approximate surface area is 132 Å². The van der Waals surface area contributed by atoms with Gasteiger partial charge in [-0.1, -0.05) is 29.8 Å². The van der Waals surface area contributed by atoms with Crippen LogP contribution in [0.2, 0.25) is 5.02 Å².